The highest BCUT2D eigenvalue weighted by Crippen LogP contribution is 2.32. The molecule has 1 aliphatic carbocycles. The zero-order valence-corrected chi connectivity index (χ0v) is 13.1. The van der Waals surface area contributed by atoms with Crippen LogP contribution in [-0.2, 0) is 4.43 Å². The molecule has 1 rings (SSSR count). The van der Waals surface area contributed by atoms with Crippen molar-refractivity contribution in [1.29, 1.82) is 0 Å². The Hall–Kier alpha value is -0.126. The molecule has 0 saturated heterocycles. The summed E-state index contributed by atoms with van der Waals surface area (Å²) in [6, 6.07) is 0. The van der Waals surface area contributed by atoms with Crippen molar-refractivity contribution in [2.45, 2.75) is 51.3 Å². The van der Waals surface area contributed by atoms with Crippen LogP contribution in [0, 0.1) is 0 Å². The van der Waals surface area contributed by atoms with Gasteiger partial charge in [0.2, 0.25) is 0 Å². The summed E-state index contributed by atoms with van der Waals surface area (Å²) in [5.74, 6) is 0. The maximum Gasteiger partial charge on any atom is 0.184 e. The first kappa shape index (κ1) is 12.9. The van der Waals surface area contributed by atoms with Crippen molar-refractivity contribution in [3.05, 3.63) is 23.8 Å². The van der Waals surface area contributed by atoms with E-state index in [4.69, 9.17) is 4.43 Å². The van der Waals surface area contributed by atoms with E-state index in [9.17, 15) is 0 Å². The summed E-state index contributed by atoms with van der Waals surface area (Å²) in [7, 11) is -2.32. The predicted molar refractivity (Wildman–Crippen MR) is 73.6 cm³/mol. The van der Waals surface area contributed by atoms with Gasteiger partial charge in [-0.1, -0.05) is 31.3 Å². The van der Waals surface area contributed by atoms with Gasteiger partial charge in [-0.3, -0.25) is 0 Å². The Balaban J connectivity index is 2.93. The first-order chi connectivity index (χ1) is 6.76. The molecule has 86 valence electrons. The molecule has 0 bridgehead atoms. The Morgan fingerprint density at radius 3 is 2.27 bits per heavy atom. The lowest BCUT2D eigenvalue weighted by atomic mass is 10.2. The first-order valence-corrected chi connectivity index (χ1v) is 12.1. The SMILES string of the molecule is C[SiH](C)C(C)(O[Si](C)(C)C)C1=CCC=C1. The van der Waals surface area contributed by atoms with E-state index in [2.05, 4.69) is 57.9 Å². The highest BCUT2D eigenvalue weighted by Gasteiger charge is 2.37. The van der Waals surface area contributed by atoms with Crippen molar-refractivity contribution in [2.24, 2.45) is 0 Å². The molecule has 0 spiro atoms. The van der Waals surface area contributed by atoms with Crippen LogP contribution in [0.15, 0.2) is 23.8 Å². The minimum absolute atomic E-state index is 0.0392. The van der Waals surface area contributed by atoms with E-state index in [-0.39, 0.29) is 5.22 Å². The highest BCUT2D eigenvalue weighted by atomic mass is 28.4. The van der Waals surface area contributed by atoms with Crippen LogP contribution in [-0.4, -0.2) is 22.3 Å². The Labute approximate surface area is 97.0 Å². The van der Waals surface area contributed by atoms with Gasteiger partial charge in [0.25, 0.3) is 0 Å². The average molecular weight is 240 g/mol. The van der Waals surface area contributed by atoms with Crippen LogP contribution in [0.3, 0.4) is 0 Å². The largest absolute Gasteiger partial charge is 0.412 e. The van der Waals surface area contributed by atoms with Gasteiger partial charge in [-0.15, -0.1) is 0 Å². The standard InChI is InChI=1S/C12H24OSi2/c1-12(14(2)3,13-15(4,5)6)11-9-7-8-10-11/h7,9-10,14H,8H2,1-6H3. The molecule has 0 fully saturated rings. The van der Waals surface area contributed by atoms with E-state index in [1.807, 2.05) is 0 Å². The second-order valence-corrected chi connectivity index (χ2v) is 13.6. The molecule has 0 radical (unpaired) electrons. The van der Waals surface area contributed by atoms with Crippen molar-refractivity contribution in [1.82, 2.24) is 0 Å². The van der Waals surface area contributed by atoms with E-state index in [1.54, 1.807) is 0 Å². The van der Waals surface area contributed by atoms with Gasteiger partial charge in [0.15, 0.2) is 8.32 Å². The summed E-state index contributed by atoms with van der Waals surface area (Å²) in [6.45, 7) is 13.9. The van der Waals surface area contributed by atoms with Gasteiger partial charge in [0, 0.05) is 0 Å². The molecule has 3 heteroatoms. The highest BCUT2D eigenvalue weighted by molar-refractivity contribution is 6.71. The van der Waals surface area contributed by atoms with Crippen LogP contribution in [0.5, 0.6) is 0 Å². The molecule has 0 aromatic carbocycles. The van der Waals surface area contributed by atoms with Crippen LogP contribution in [0.4, 0.5) is 0 Å². The molecule has 0 N–H and O–H groups in total. The smallest absolute Gasteiger partial charge is 0.184 e. The minimum atomic E-state index is -1.46. The van der Waals surface area contributed by atoms with Crippen LogP contribution in [0.2, 0.25) is 32.7 Å². The molecule has 0 aromatic heterocycles. The lowest BCUT2D eigenvalue weighted by Gasteiger charge is -2.40. The van der Waals surface area contributed by atoms with Crippen molar-refractivity contribution >= 4 is 17.1 Å². The van der Waals surface area contributed by atoms with Gasteiger partial charge in [-0.2, -0.15) is 0 Å². The van der Waals surface area contributed by atoms with Crippen LogP contribution in [0.1, 0.15) is 13.3 Å². The molecule has 1 atom stereocenters. The van der Waals surface area contributed by atoms with Crippen LogP contribution in [0.25, 0.3) is 0 Å². The average Bonchev–Trinajstić information content (AvgIpc) is 2.51. The maximum absolute atomic E-state index is 6.45. The van der Waals surface area contributed by atoms with Gasteiger partial charge in [-0.25, -0.2) is 0 Å². The molecule has 0 heterocycles. The molecule has 0 aromatic rings. The van der Waals surface area contributed by atoms with Crippen molar-refractivity contribution in [3.63, 3.8) is 0 Å². The molecule has 1 unspecified atom stereocenters. The number of hydrogen-bond acceptors (Lipinski definition) is 1. The second-order valence-electron chi connectivity index (χ2n) is 5.77. The summed E-state index contributed by atoms with van der Waals surface area (Å²) in [4.78, 5) is 0. The lowest BCUT2D eigenvalue weighted by Crippen LogP contribution is -2.49. The Morgan fingerprint density at radius 2 is 1.93 bits per heavy atom. The molecule has 1 aliphatic rings. The Morgan fingerprint density at radius 1 is 1.33 bits per heavy atom. The van der Waals surface area contributed by atoms with Gasteiger partial charge < -0.3 is 4.43 Å². The molecule has 15 heavy (non-hydrogen) atoms. The molecule has 0 saturated carbocycles. The minimum Gasteiger partial charge on any atom is -0.412 e. The van der Waals surface area contributed by atoms with Crippen molar-refractivity contribution in [2.75, 3.05) is 0 Å². The van der Waals surface area contributed by atoms with E-state index in [0.717, 1.165) is 6.42 Å². The summed E-state index contributed by atoms with van der Waals surface area (Å²) in [5.41, 5.74) is 1.42. The molecule has 0 amide bonds. The van der Waals surface area contributed by atoms with Crippen LogP contribution < -0.4 is 0 Å². The first-order valence-electron chi connectivity index (χ1n) is 5.83. The van der Waals surface area contributed by atoms with E-state index >= 15 is 0 Å². The quantitative estimate of drug-likeness (QED) is 0.683. The fourth-order valence-electron chi connectivity index (χ4n) is 1.97. The predicted octanol–water partition coefficient (Wildman–Crippen LogP) is 3.51. The third kappa shape index (κ3) is 3.16. The third-order valence-corrected chi connectivity index (χ3v) is 6.89. The summed E-state index contributed by atoms with van der Waals surface area (Å²) in [5, 5.41) is 0.0392. The van der Waals surface area contributed by atoms with Gasteiger partial charge in [0.05, 0.1) is 14.0 Å². The number of rotatable bonds is 4. The Kier molecular flexibility index (Phi) is 3.79. The molecule has 0 aliphatic heterocycles. The topological polar surface area (TPSA) is 9.23 Å². The monoisotopic (exact) mass is 240 g/mol. The van der Waals surface area contributed by atoms with Gasteiger partial charge in [0.1, 0.15) is 0 Å². The summed E-state index contributed by atoms with van der Waals surface area (Å²) >= 11 is 0. The maximum atomic E-state index is 6.45. The fourth-order valence-corrected chi connectivity index (χ4v) is 6.25. The third-order valence-electron chi connectivity index (χ3n) is 2.96. The van der Waals surface area contributed by atoms with Gasteiger partial charge in [-0.05, 0) is 38.6 Å². The summed E-state index contributed by atoms with van der Waals surface area (Å²) in [6.07, 6.45) is 7.90. The molecular formula is C12H24OSi2. The van der Waals surface area contributed by atoms with Crippen molar-refractivity contribution < 1.29 is 4.43 Å². The van der Waals surface area contributed by atoms with E-state index in [0.29, 0.717) is 0 Å². The van der Waals surface area contributed by atoms with E-state index < -0.39 is 17.1 Å². The normalized spacial score (nSPS) is 20.6. The van der Waals surface area contributed by atoms with Gasteiger partial charge >= 0.3 is 0 Å². The fraction of sp³-hybridized carbons (Fsp3) is 0.667. The number of hydrogen-bond donors (Lipinski definition) is 0. The second kappa shape index (κ2) is 4.39. The molecule has 1 nitrogen and oxygen atoms in total. The van der Waals surface area contributed by atoms with E-state index in [1.165, 1.54) is 5.57 Å². The number of allylic oxidation sites excluding steroid dienone is 2. The molecular weight excluding hydrogens is 216 g/mol. The van der Waals surface area contributed by atoms with Crippen LogP contribution >= 0.6 is 0 Å². The lowest BCUT2D eigenvalue weighted by molar-refractivity contribution is 0.203. The zero-order valence-electron chi connectivity index (χ0n) is 10.9. The summed E-state index contributed by atoms with van der Waals surface area (Å²) < 4.78 is 6.45. The van der Waals surface area contributed by atoms with Crippen molar-refractivity contribution in [3.8, 4) is 0 Å². The zero-order chi connectivity index (χ0) is 11.7. The Bertz CT molecular complexity index is 286.